The van der Waals surface area contributed by atoms with E-state index in [9.17, 15) is 13.6 Å². The van der Waals surface area contributed by atoms with Crippen LogP contribution in [0, 0.1) is 11.6 Å². The molecule has 0 atom stereocenters. The van der Waals surface area contributed by atoms with Gasteiger partial charge in [0.05, 0.1) is 11.4 Å². The van der Waals surface area contributed by atoms with Gasteiger partial charge in [-0.25, -0.2) is 13.8 Å². The second kappa shape index (κ2) is 4.82. The van der Waals surface area contributed by atoms with Crippen LogP contribution in [0.25, 0.3) is 0 Å². The van der Waals surface area contributed by atoms with Crippen molar-refractivity contribution in [3.05, 3.63) is 40.4 Å². The number of carbonyl (C=O) groups excluding carboxylic acids is 1. The van der Waals surface area contributed by atoms with E-state index in [-0.39, 0.29) is 5.69 Å². The van der Waals surface area contributed by atoms with E-state index in [0.717, 1.165) is 30.7 Å². The third-order valence-electron chi connectivity index (χ3n) is 3.09. The van der Waals surface area contributed by atoms with Crippen molar-refractivity contribution in [2.24, 2.45) is 0 Å². The summed E-state index contributed by atoms with van der Waals surface area (Å²) in [7, 11) is 0. The standard InChI is InChI=1S/C13H11F2N3OS/c14-7-3-4-8(16)11(15)10(7)12(19)18-13-17-9(5-20-13)6-1-2-6/h3-6H,1-2,16H2,(H,17,18,19). The lowest BCUT2D eigenvalue weighted by molar-refractivity contribution is 0.101. The molecule has 7 heteroatoms. The number of rotatable bonds is 3. The predicted octanol–water partition coefficient (Wildman–Crippen LogP) is 3.13. The van der Waals surface area contributed by atoms with Crippen LogP contribution in [0.5, 0.6) is 0 Å². The number of thiazole rings is 1. The van der Waals surface area contributed by atoms with E-state index < -0.39 is 23.1 Å². The molecule has 0 radical (unpaired) electrons. The lowest BCUT2D eigenvalue weighted by Crippen LogP contribution is -2.16. The highest BCUT2D eigenvalue weighted by Crippen LogP contribution is 2.40. The Hall–Kier alpha value is -2.02. The summed E-state index contributed by atoms with van der Waals surface area (Å²) in [6.07, 6.45) is 2.19. The molecule has 0 spiro atoms. The average molecular weight is 295 g/mol. The Morgan fingerprint density at radius 1 is 1.40 bits per heavy atom. The molecule has 20 heavy (non-hydrogen) atoms. The molecule has 4 nitrogen and oxygen atoms in total. The molecule has 1 fully saturated rings. The highest BCUT2D eigenvalue weighted by atomic mass is 32.1. The summed E-state index contributed by atoms with van der Waals surface area (Å²) in [5.41, 5.74) is 5.30. The van der Waals surface area contributed by atoms with Crippen molar-refractivity contribution in [1.29, 1.82) is 0 Å². The fourth-order valence-electron chi connectivity index (χ4n) is 1.85. The number of nitrogens with one attached hydrogen (secondary N) is 1. The van der Waals surface area contributed by atoms with Gasteiger partial charge in [0.15, 0.2) is 10.9 Å². The Morgan fingerprint density at radius 2 is 2.15 bits per heavy atom. The lowest BCUT2D eigenvalue weighted by Gasteiger charge is -2.06. The minimum atomic E-state index is -1.05. The molecule has 1 aliphatic rings. The molecule has 1 aromatic heterocycles. The first kappa shape index (κ1) is 13.0. The SMILES string of the molecule is Nc1ccc(F)c(C(=O)Nc2nc(C3CC3)cs2)c1F. The number of anilines is 2. The quantitative estimate of drug-likeness (QED) is 0.855. The van der Waals surface area contributed by atoms with Crippen LogP contribution in [0.3, 0.4) is 0 Å². The smallest absolute Gasteiger partial charge is 0.263 e. The Morgan fingerprint density at radius 3 is 2.85 bits per heavy atom. The Bertz CT molecular complexity index is 682. The maximum absolute atomic E-state index is 13.7. The van der Waals surface area contributed by atoms with E-state index in [4.69, 9.17) is 5.73 Å². The van der Waals surface area contributed by atoms with Crippen molar-refractivity contribution >= 4 is 28.1 Å². The minimum Gasteiger partial charge on any atom is -0.396 e. The Kier molecular flexibility index (Phi) is 3.13. The van der Waals surface area contributed by atoms with Crippen molar-refractivity contribution in [3.63, 3.8) is 0 Å². The van der Waals surface area contributed by atoms with Crippen molar-refractivity contribution in [1.82, 2.24) is 4.98 Å². The van der Waals surface area contributed by atoms with Crippen molar-refractivity contribution < 1.29 is 13.6 Å². The summed E-state index contributed by atoms with van der Waals surface area (Å²) in [4.78, 5) is 16.2. The summed E-state index contributed by atoms with van der Waals surface area (Å²) < 4.78 is 27.3. The highest BCUT2D eigenvalue weighted by molar-refractivity contribution is 7.14. The molecular weight excluding hydrogens is 284 g/mol. The van der Waals surface area contributed by atoms with E-state index in [1.165, 1.54) is 11.3 Å². The number of halogens is 2. The number of benzene rings is 1. The van der Waals surface area contributed by atoms with Crippen LogP contribution < -0.4 is 11.1 Å². The van der Waals surface area contributed by atoms with Crippen LogP contribution in [-0.4, -0.2) is 10.9 Å². The number of carbonyl (C=O) groups is 1. The zero-order valence-corrected chi connectivity index (χ0v) is 11.1. The van der Waals surface area contributed by atoms with Gasteiger partial charge >= 0.3 is 0 Å². The summed E-state index contributed by atoms with van der Waals surface area (Å²) in [5, 5.41) is 4.58. The normalized spacial score (nSPS) is 14.3. The van der Waals surface area contributed by atoms with Crippen LogP contribution in [-0.2, 0) is 0 Å². The van der Waals surface area contributed by atoms with Crippen molar-refractivity contribution in [2.75, 3.05) is 11.1 Å². The van der Waals surface area contributed by atoms with E-state index in [1.54, 1.807) is 0 Å². The molecule has 3 N–H and O–H groups in total. The van der Waals surface area contributed by atoms with Gasteiger partial charge in [-0.2, -0.15) is 0 Å². The Labute approximate surface area is 117 Å². The lowest BCUT2D eigenvalue weighted by atomic mass is 10.1. The number of hydrogen-bond donors (Lipinski definition) is 2. The van der Waals surface area contributed by atoms with E-state index in [2.05, 4.69) is 10.3 Å². The van der Waals surface area contributed by atoms with Gasteiger partial charge in [-0.15, -0.1) is 11.3 Å². The first-order valence-corrected chi connectivity index (χ1v) is 6.94. The van der Waals surface area contributed by atoms with Crippen LogP contribution >= 0.6 is 11.3 Å². The van der Waals surface area contributed by atoms with Crippen LogP contribution in [0.15, 0.2) is 17.5 Å². The molecule has 0 saturated heterocycles. The summed E-state index contributed by atoms with van der Waals surface area (Å²) in [6, 6.07) is 2.04. The number of hydrogen-bond acceptors (Lipinski definition) is 4. The Balaban J connectivity index is 1.83. The fraction of sp³-hybridized carbons (Fsp3) is 0.231. The number of nitrogens with two attached hydrogens (primary N) is 1. The zero-order valence-electron chi connectivity index (χ0n) is 10.3. The van der Waals surface area contributed by atoms with E-state index in [0.29, 0.717) is 11.0 Å². The third kappa shape index (κ3) is 2.36. The molecule has 1 aromatic carbocycles. The molecule has 2 aromatic rings. The number of nitrogen functional groups attached to an aromatic ring is 1. The van der Waals surface area contributed by atoms with Crippen LogP contribution in [0.1, 0.15) is 34.8 Å². The zero-order chi connectivity index (χ0) is 14.3. The van der Waals surface area contributed by atoms with Gasteiger partial charge < -0.3 is 5.73 Å². The first-order valence-electron chi connectivity index (χ1n) is 6.06. The molecule has 1 heterocycles. The summed E-state index contributed by atoms with van der Waals surface area (Å²) in [5.74, 6) is -2.43. The second-order valence-electron chi connectivity index (χ2n) is 4.63. The van der Waals surface area contributed by atoms with Gasteiger partial charge in [0.25, 0.3) is 5.91 Å². The number of nitrogens with zero attached hydrogens (tertiary/aromatic N) is 1. The van der Waals surface area contributed by atoms with Gasteiger partial charge in [-0.3, -0.25) is 10.1 Å². The van der Waals surface area contributed by atoms with Crippen molar-refractivity contribution in [2.45, 2.75) is 18.8 Å². The van der Waals surface area contributed by atoms with Crippen molar-refractivity contribution in [3.8, 4) is 0 Å². The fourth-order valence-corrected chi connectivity index (χ4v) is 2.63. The number of amides is 1. The molecule has 0 aliphatic heterocycles. The molecule has 1 aliphatic carbocycles. The molecule has 104 valence electrons. The van der Waals surface area contributed by atoms with Gasteiger partial charge in [0.1, 0.15) is 11.4 Å². The van der Waals surface area contributed by atoms with Gasteiger partial charge in [-0.05, 0) is 25.0 Å². The van der Waals surface area contributed by atoms with E-state index in [1.807, 2.05) is 5.38 Å². The monoisotopic (exact) mass is 295 g/mol. The second-order valence-corrected chi connectivity index (χ2v) is 5.49. The molecule has 1 saturated carbocycles. The molecule has 0 unspecified atom stereocenters. The molecule has 3 rings (SSSR count). The predicted molar refractivity (Wildman–Crippen MR) is 72.8 cm³/mol. The maximum Gasteiger partial charge on any atom is 0.263 e. The van der Waals surface area contributed by atoms with Gasteiger partial charge in [0.2, 0.25) is 0 Å². The van der Waals surface area contributed by atoms with E-state index >= 15 is 0 Å². The topological polar surface area (TPSA) is 68.0 Å². The number of aromatic nitrogens is 1. The van der Waals surface area contributed by atoms with Gasteiger partial charge in [0, 0.05) is 11.3 Å². The van der Waals surface area contributed by atoms with Gasteiger partial charge in [-0.1, -0.05) is 0 Å². The van der Waals surface area contributed by atoms with Crippen LogP contribution in [0.4, 0.5) is 19.6 Å². The highest BCUT2D eigenvalue weighted by Gasteiger charge is 2.27. The van der Waals surface area contributed by atoms with Crippen LogP contribution in [0.2, 0.25) is 0 Å². The minimum absolute atomic E-state index is 0.269. The average Bonchev–Trinajstić information content (AvgIpc) is 3.16. The third-order valence-corrected chi connectivity index (χ3v) is 3.86. The largest absolute Gasteiger partial charge is 0.396 e. The summed E-state index contributed by atoms with van der Waals surface area (Å²) in [6.45, 7) is 0. The maximum atomic E-state index is 13.7. The molecule has 1 amide bonds. The molecule has 0 bridgehead atoms. The summed E-state index contributed by atoms with van der Waals surface area (Å²) >= 11 is 1.24. The molecular formula is C13H11F2N3OS. The first-order chi connectivity index (χ1) is 9.56.